The molecule has 0 aliphatic heterocycles. The third-order valence-corrected chi connectivity index (χ3v) is 4.68. The second-order valence-corrected chi connectivity index (χ2v) is 5.68. The second kappa shape index (κ2) is 5.02. The maximum atomic E-state index is 9.64. The topological polar surface area (TPSA) is 50.1 Å². The van der Waals surface area contributed by atoms with Crippen LogP contribution in [0, 0.1) is 20.8 Å². The lowest BCUT2D eigenvalue weighted by Crippen LogP contribution is -2.50. The lowest BCUT2D eigenvalue weighted by molar-refractivity contribution is 0.101. The fraction of sp³-hybridized carbons (Fsp3) is 0.786. The first kappa shape index (κ1) is 13.6. The molecule has 2 unspecified atom stereocenters. The Morgan fingerprint density at radius 3 is 2.67 bits per heavy atom. The molecule has 1 aromatic heterocycles. The number of aliphatic hydroxyl groups is 1. The minimum atomic E-state index is -0.122. The quantitative estimate of drug-likeness (QED) is 0.862. The summed E-state index contributed by atoms with van der Waals surface area (Å²) in [7, 11) is 1.95. The lowest BCUT2D eigenvalue weighted by atomic mass is 9.79. The van der Waals surface area contributed by atoms with Crippen LogP contribution in [0.15, 0.2) is 0 Å². The Kier molecular flexibility index (Phi) is 3.78. The highest BCUT2D eigenvalue weighted by Crippen LogP contribution is 2.36. The van der Waals surface area contributed by atoms with Crippen LogP contribution >= 0.6 is 0 Å². The summed E-state index contributed by atoms with van der Waals surface area (Å²) in [6.07, 6.45) is 4.31. The van der Waals surface area contributed by atoms with Gasteiger partial charge in [-0.05, 0) is 59.1 Å². The Bertz CT molecular complexity index is 421. The molecule has 1 aliphatic carbocycles. The van der Waals surface area contributed by atoms with Gasteiger partial charge in [0.15, 0.2) is 0 Å². The zero-order chi connectivity index (χ0) is 13.3. The summed E-state index contributed by atoms with van der Waals surface area (Å²) in [4.78, 5) is 0. The van der Waals surface area contributed by atoms with Crippen molar-refractivity contribution in [3.05, 3.63) is 17.0 Å². The van der Waals surface area contributed by atoms with E-state index in [1.165, 1.54) is 11.3 Å². The monoisotopic (exact) mass is 251 g/mol. The number of aliphatic hydroxyl groups excluding tert-OH is 1. The van der Waals surface area contributed by atoms with Crippen molar-refractivity contribution >= 4 is 0 Å². The fourth-order valence-corrected chi connectivity index (χ4v) is 3.09. The summed E-state index contributed by atoms with van der Waals surface area (Å²) in [6, 6.07) is 0.408. The zero-order valence-corrected chi connectivity index (χ0v) is 12.0. The van der Waals surface area contributed by atoms with Crippen LogP contribution in [0.3, 0.4) is 0 Å². The van der Waals surface area contributed by atoms with E-state index in [1.54, 1.807) is 0 Å². The van der Waals surface area contributed by atoms with Crippen molar-refractivity contribution < 1.29 is 5.11 Å². The molecule has 18 heavy (non-hydrogen) atoms. The Morgan fingerprint density at radius 2 is 2.17 bits per heavy atom. The van der Waals surface area contributed by atoms with Crippen LogP contribution < -0.4 is 5.32 Å². The number of aryl methyl sites for hydroxylation is 1. The molecule has 1 aromatic rings. The summed E-state index contributed by atoms with van der Waals surface area (Å²) >= 11 is 0. The smallest absolute Gasteiger partial charge is 0.0625 e. The van der Waals surface area contributed by atoms with Crippen LogP contribution in [0.25, 0.3) is 0 Å². The van der Waals surface area contributed by atoms with Gasteiger partial charge < -0.3 is 10.4 Å². The van der Waals surface area contributed by atoms with E-state index < -0.39 is 0 Å². The molecule has 1 heterocycles. The first-order chi connectivity index (χ1) is 8.53. The van der Waals surface area contributed by atoms with E-state index in [0.717, 1.165) is 31.4 Å². The van der Waals surface area contributed by atoms with Gasteiger partial charge in [-0.2, -0.15) is 5.10 Å². The van der Waals surface area contributed by atoms with Crippen LogP contribution in [-0.4, -0.2) is 34.1 Å². The van der Waals surface area contributed by atoms with Crippen molar-refractivity contribution in [2.24, 2.45) is 0 Å². The number of hydrogen-bond donors (Lipinski definition) is 2. The molecule has 4 heteroatoms. The molecule has 4 nitrogen and oxygen atoms in total. The molecule has 0 aromatic carbocycles. The molecule has 2 N–H and O–H groups in total. The van der Waals surface area contributed by atoms with E-state index in [0.29, 0.717) is 6.04 Å². The number of hydrogen-bond acceptors (Lipinski definition) is 3. The number of nitrogens with zero attached hydrogens (tertiary/aromatic N) is 2. The summed E-state index contributed by atoms with van der Waals surface area (Å²) in [5, 5.41) is 17.6. The van der Waals surface area contributed by atoms with Gasteiger partial charge in [0.2, 0.25) is 0 Å². The largest absolute Gasteiger partial charge is 0.394 e. The predicted molar refractivity (Wildman–Crippen MR) is 72.8 cm³/mol. The number of nitrogens with one attached hydrogen (secondary N) is 1. The Hall–Kier alpha value is -0.870. The normalized spacial score (nSPS) is 28.6. The van der Waals surface area contributed by atoms with Crippen LogP contribution in [0.5, 0.6) is 0 Å². The van der Waals surface area contributed by atoms with E-state index in [9.17, 15) is 5.11 Å². The van der Waals surface area contributed by atoms with Gasteiger partial charge in [0.05, 0.1) is 18.3 Å². The minimum Gasteiger partial charge on any atom is -0.394 e. The van der Waals surface area contributed by atoms with Crippen molar-refractivity contribution in [2.45, 2.75) is 58.0 Å². The Balaban J connectivity index is 2.25. The molecule has 0 bridgehead atoms. The lowest BCUT2D eigenvalue weighted by Gasteiger charge is -2.40. The van der Waals surface area contributed by atoms with Gasteiger partial charge in [0.25, 0.3) is 0 Å². The van der Waals surface area contributed by atoms with E-state index in [-0.39, 0.29) is 12.1 Å². The van der Waals surface area contributed by atoms with Crippen molar-refractivity contribution in [3.8, 4) is 0 Å². The summed E-state index contributed by atoms with van der Waals surface area (Å²) in [5.41, 5.74) is 3.56. The molecule has 1 fully saturated rings. The third kappa shape index (κ3) is 2.19. The maximum absolute atomic E-state index is 9.64. The van der Waals surface area contributed by atoms with Crippen molar-refractivity contribution in [1.82, 2.24) is 15.1 Å². The minimum absolute atomic E-state index is 0.122. The van der Waals surface area contributed by atoms with Gasteiger partial charge >= 0.3 is 0 Å². The van der Waals surface area contributed by atoms with Gasteiger partial charge in [-0.3, -0.25) is 4.68 Å². The maximum Gasteiger partial charge on any atom is 0.0625 e. The van der Waals surface area contributed by atoms with Gasteiger partial charge in [-0.15, -0.1) is 0 Å². The standard InChI is InChI=1S/C14H25N3O/c1-10-11(2)16-17(12(10)3)13-6-5-7-14(8-13,9-18)15-4/h13,15,18H,5-9H2,1-4H3. The predicted octanol–water partition coefficient (Wildman–Crippen LogP) is 1.87. The van der Waals surface area contributed by atoms with Crippen LogP contribution in [0.1, 0.15) is 48.7 Å². The first-order valence-electron chi connectivity index (χ1n) is 6.85. The van der Waals surface area contributed by atoms with Crippen molar-refractivity contribution in [2.75, 3.05) is 13.7 Å². The van der Waals surface area contributed by atoms with E-state index >= 15 is 0 Å². The number of likely N-dealkylation sites (N-methyl/N-ethyl adjacent to an activating group) is 1. The van der Waals surface area contributed by atoms with E-state index in [4.69, 9.17) is 0 Å². The SMILES string of the molecule is CNC1(CO)CCCC(n2nc(C)c(C)c2C)C1. The molecule has 0 amide bonds. The summed E-state index contributed by atoms with van der Waals surface area (Å²) < 4.78 is 2.17. The highest BCUT2D eigenvalue weighted by molar-refractivity contribution is 5.23. The van der Waals surface area contributed by atoms with Crippen LogP contribution in [0.4, 0.5) is 0 Å². The average Bonchev–Trinajstić information content (AvgIpc) is 2.66. The van der Waals surface area contributed by atoms with Crippen molar-refractivity contribution in [3.63, 3.8) is 0 Å². The molecule has 1 aliphatic rings. The molecular formula is C14H25N3O. The number of rotatable bonds is 3. The molecule has 2 atom stereocenters. The Labute approximate surface area is 109 Å². The van der Waals surface area contributed by atoms with Gasteiger partial charge in [-0.25, -0.2) is 0 Å². The van der Waals surface area contributed by atoms with Crippen LogP contribution in [0.2, 0.25) is 0 Å². The second-order valence-electron chi connectivity index (χ2n) is 5.68. The van der Waals surface area contributed by atoms with E-state index in [1.807, 2.05) is 7.05 Å². The van der Waals surface area contributed by atoms with Gasteiger partial charge in [0.1, 0.15) is 0 Å². The van der Waals surface area contributed by atoms with Gasteiger partial charge in [0, 0.05) is 11.2 Å². The summed E-state index contributed by atoms with van der Waals surface area (Å²) in [6.45, 7) is 6.55. The molecule has 0 spiro atoms. The molecule has 2 rings (SSSR count). The van der Waals surface area contributed by atoms with Crippen LogP contribution in [-0.2, 0) is 0 Å². The van der Waals surface area contributed by atoms with Crippen molar-refractivity contribution in [1.29, 1.82) is 0 Å². The molecule has 102 valence electrons. The van der Waals surface area contributed by atoms with Gasteiger partial charge in [-0.1, -0.05) is 0 Å². The highest BCUT2D eigenvalue weighted by Gasteiger charge is 2.36. The molecule has 0 saturated heterocycles. The van der Waals surface area contributed by atoms with E-state index in [2.05, 4.69) is 35.9 Å². The number of aromatic nitrogens is 2. The first-order valence-corrected chi connectivity index (χ1v) is 6.85. The Morgan fingerprint density at radius 1 is 1.44 bits per heavy atom. The zero-order valence-electron chi connectivity index (χ0n) is 12.0. The average molecular weight is 251 g/mol. The highest BCUT2D eigenvalue weighted by atomic mass is 16.3. The molecule has 1 saturated carbocycles. The fourth-order valence-electron chi connectivity index (χ4n) is 3.09. The third-order valence-electron chi connectivity index (χ3n) is 4.68. The molecule has 0 radical (unpaired) electrons. The summed E-state index contributed by atoms with van der Waals surface area (Å²) in [5.74, 6) is 0. The molecular weight excluding hydrogens is 226 g/mol.